The highest BCUT2D eigenvalue weighted by Crippen LogP contribution is 2.25. The minimum atomic E-state index is -0.548. The van der Waals surface area contributed by atoms with Gasteiger partial charge < -0.3 is 9.47 Å². The van der Waals surface area contributed by atoms with Gasteiger partial charge in [-0.05, 0) is 18.2 Å². The lowest BCUT2D eigenvalue weighted by Crippen LogP contribution is -2.08. The number of carbonyl (C=O) groups excluding carboxylic acids is 1. The molecule has 0 spiro atoms. The summed E-state index contributed by atoms with van der Waals surface area (Å²) in [6, 6.07) is 6.12. The smallest absolute Gasteiger partial charge is 0.343 e. The lowest BCUT2D eigenvalue weighted by atomic mass is 10.2. The molecule has 1 aromatic heterocycles. The molecule has 0 saturated carbocycles. The fourth-order valence-corrected chi connectivity index (χ4v) is 1.83. The summed E-state index contributed by atoms with van der Waals surface area (Å²) in [4.78, 5) is 15.7. The summed E-state index contributed by atoms with van der Waals surface area (Å²) in [7, 11) is 1.50. The van der Waals surface area contributed by atoms with Crippen molar-refractivity contribution in [3.8, 4) is 11.5 Å². The van der Waals surface area contributed by atoms with E-state index in [0.29, 0.717) is 21.4 Å². The van der Waals surface area contributed by atoms with Crippen molar-refractivity contribution < 1.29 is 14.3 Å². The molecule has 0 unspecified atom stereocenters. The Morgan fingerprint density at radius 3 is 2.63 bits per heavy atom. The Labute approximate surface area is 119 Å². The first kappa shape index (κ1) is 13.6. The van der Waals surface area contributed by atoms with Crippen LogP contribution in [0.4, 0.5) is 0 Å². The zero-order valence-electron chi connectivity index (χ0n) is 9.89. The number of aromatic nitrogens is 1. The van der Waals surface area contributed by atoms with Gasteiger partial charge in [-0.25, -0.2) is 4.79 Å². The lowest BCUT2D eigenvalue weighted by Gasteiger charge is -2.06. The zero-order valence-corrected chi connectivity index (χ0v) is 11.4. The second-order valence-corrected chi connectivity index (χ2v) is 4.42. The number of rotatable bonds is 3. The molecule has 1 aromatic carbocycles. The molecule has 0 aliphatic rings. The SMILES string of the molecule is COc1ccc(C(=O)Oc2cncc(Cl)c2)cc1Cl. The van der Waals surface area contributed by atoms with Crippen LogP contribution in [0.5, 0.6) is 11.5 Å². The monoisotopic (exact) mass is 297 g/mol. The number of esters is 1. The van der Waals surface area contributed by atoms with Gasteiger partial charge >= 0.3 is 5.97 Å². The fraction of sp³-hybridized carbons (Fsp3) is 0.0769. The van der Waals surface area contributed by atoms with Crippen molar-refractivity contribution in [2.45, 2.75) is 0 Å². The fourth-order valence-electron chi connectivity index (χ4n) is 1.41. The highest BCUT2D eigenvalue weighted by Gasteiger charge is 2.11. The van der Waals surface area contributed by atoms with Gasteiger partial charge in [0.25, 0.3) is 0 Å². The first-order valence-corrected chi connectivity index (χ1v) is 6.02. The maximum Gasteiger partial charge on any atom is 0.343 e. The standard InChI is InChI=1S/C13H9Cl2NO3/c1-18-12-3-2-8(4-11(12)15)13(17)19-10-5-9(14)6-16-7-10/h2-7H,1H3. The van der Waals surface area contributed by atoms with E-state index < -0.39 is 5.97 Å². The normalized spacial score (nSPS) is 10.1. The van der Waals surface area contributed by atoms with Crippen LogP contribution >= 0.6 is 23.2 Å². The number of pyridine rings is 1. The van der Waals surface area contributed by atoms with Gasteiger partial charge in [0.1, 0.15) is 5.75 Å². The minimum Gasteiger partial charge on any atom is -0.495 e. The molecule has 2 rings (SSSR count). The average Bonchev–Trinajstić information content (AvgIpc) is 2.38. The minimum absolute atomic E-state index is 0.268. The van der Waals surface area contributed by atoms with E-state index in [2.05, 4.69) is 4.98 Å². The number of benzene rings is 1. The molecule has 0 bridgehead atoms. The predicted octanol–water partition coefficient (Wildman–Crippen LogP) is 3.62. The molecule has 0 aliphatic heterocycles. The molecule has 98 valence electrons. The van der Waals surface area contributed by atoms with E-state index in [1.807, 2.05) is 0 Å². The molecular weight excluding hydrogens is 289 g/mol. The van der Waals surface area contributed by atoms with Crippen LogP contribution in [0.2, 0.25) is 10.0 Å². The van der Waals surface area contributed by atoms with Gasteiger partial charge in [0, 0.05) is 12.3 Å². The van der Waals surface area contributed by atoms with E-state index >= 15 is 0 Å². The van der Waals surface area contributed by atoms with Crippen molar-refractivity contribution in [1.29, 1.82) is 0 Å². The van der Waals surface area contributed by atoms with Gasteiger partial charge in [0.15, 0.2) is 5.75 Å². The largest absolute Gasteiger partial charge is 0.495 e. The summed E-state index contributed by atoms with van der Waals surface area (Å²) in [5.74, 6) is 0.209. The van der Waals surface area contributed by atoms with E-state index in [1.54, 1.807) is 12.1 Å². The average molecular weight is 298 g/mol. The van der Waals surface area contributed by atoms with Crippen LogP contribution < -0.4 is 9.47 Å². The van der Waals surface area contributed by atoms with Crippen molar-refractivity contribution in [3.05, 3.63) is 52.3 Å². The number of halogens is 2. The van der Waals surface area contributed by atoms with Crippen molar-refractivity contribution in [1.82, 2.24) is 4.98 Å². The molecule has 0 amide bonds. The third-order valence-electron chi connectivity index (χ3n) is 2.28. The number of carbonyl (C=O) groups is 1. The van der Waals surface area contributed by atoms with Gasteiger partial charge in [0.2, 0.25) is 0 Å². The van der Waals surface area contributed by atoms with Crippen LogP contribution in [0.1, 0.15) is 10.4 Å². The van der Waals surface area contributed by atoms with Crippen LogP contribution in [0.25, 0.3) is 0 Å². The van der Waals surface area contributed by atoms with Crippen LogP contribution in [0, 0.1) is 0 Å². The van der Waals surface area contributed by atoms with Gasteiger partial charge in [-0.2, -0.15) is 0 Å². The van der Waals surface area contributed by atoms with Crippen molar-refractivity contribution in [3.63, 3.8) is 0 Å². The number of nitrogens with zero attached hydrogens (tertiary/aromatic N) is 1. The second kappa shape index (κ2) is 5.91. The molecule has 4 nitrogen and oxygen atoms in total. The van der Waals surface area contributed by atoms with E-state index in [0.717, 1.165) is 0 Å². The van der Waals surface area contributed by atoms with Gasteiger partial charge in [0.05, 0.1) is 28.9 Å². The van der Waals surface area contributed by atoms with Gasteiger partial charge in [-0.15, -0.1) is 0 Å². The summed E-state index contributed by atoms with van der Waals surface area (Å²) >= 11 is 11.7. The summed E-state index contributed by atoms with van der Waals surface area (Å²) in [6.07, 6.45) is 2.85. The quantitative estimate of drug-likeness (QED) is 0.812. The molecule has 0 N–H and O–H groups in total. The Hall–Kier alpha value is -1.78. The lowest BCUT2D eigenvalue weighted by molar-refractivity contribution is 0.0734. The molecule has 0 saturated heterocycles. The molecule has 0 fully saturated rings. The maximum absolute atomic E-state index is 11.9. The third kappa shape index (κ3) is 3.36. The first-order chi connectivity index (χ1) is 9.10. The number of hydrogen-bond acceptors (Lipinski definition) is 4. The molecule has 6 heteroatoms. The van der Waals surface area contributed by atoms with E-state index in [-0.39, 0.29) is 5.75 Å². The Kier molecular flexibility index (Phi) is 4.24. The highest BCUT2D eigenvalue weighted by atomic mass is 35.5. The molecule has 0 atom stereocenters. The Morgan fingerprint density at radius 2 is 2.00 bits per heavy atom. The number of ether oxygens (including phenoxy) is 2. The molecule has 2 aromatic rings. The zero-order chi connectivity index (χ0) is 13.8. The highest BCUT2D eigenvalue weighted by molar-refractivity contribution is 6.32. The molecule has 19 heavy (non-hydrogen) atoms. The van der Waals surface area contributed by atoms with Crippen LogP contribution in [-0.2, 0) is 0 Å². The summed E-state index contributed by atoms with van der Waals surface area (Å²) in [5, 5.41) is 0.722. The number of hydrogen-bond donors (Lipinski definition) is 0. The summed E-state index contributed by atoms with van der Waals surface area (Å²) in [5.41, 5.74) is 0.311. The topological polar surface area (TPSA) is 48.4 Å². The van der Waals surface area contributed by atoms with Crippen molar-refractivity contribution >= 4 is 29.2 Å². The van der Waals surface area contributed by atoms with E-state index in [1.165, 1.54) is 31.6 Å². The van der Waals surface area contributed by atoms with Crippen molar-refractivity contribution in [2.24, 2.45) is 0 Å². The maximum atomic E-state index is 11.9. The Bertz CT molecular complexity index is 617. The predicted molar refractivity (Wildman–Crippen MR) is 72.2 cm³/mol. The molecule has 0 radical (unpaired) electrons. The Balaban J connectivity index is 2.18. The van der Waals surface area contributed by atoms with E-state index in [4.69, 9.17) is 32.7 Å². The number of methoxy groups -OCH3 is 1. The summed E-state index contributed by atoms with van der Waals surface area (Å²) in [6.45, 7) is 0. The van der Waals surface area contributed by atoms with Crippen LogP contribution in [0.15, 0.2) is 36.7 Å². The van der Waals surface area contributed by atoms with Crippen LogP contribution in [-0.4, -0.2) is 18.1 Å². The van der Waals surface area contributed by atoms with Gasteiger partial charge in [-0.1, -0.05) is 23.2 Å². The first-order valence-electron chi connectivity index (χ1n) is 5.26. The van der Waals surface area contributed by atoms with E-state index in [9.17, 15) is 4.79 Å². The van der Waals surface area contributed by atoms with Crippen LogP contribution in [0.3, 0.4) is 0 Å². The molecule has 0 aliphatic carbocycles. The van der Waals surface area contributed by atoms with Crippen molar-refractivity contribution in [2.75, 3.05) is 7.11 Å². The Morgan fingerprint density at radius 1 is 1.21 bits per heavy atom. The third-order valence-corrected chi connectivity index (χ3v) is 2.78. The molecular formula is C13H9Cl2NO3. The molecule has 1 heterocycles. The second-order valence-electron chi connectivity index (χ2n) is 3.58. The van der Waals surface area contributed by atoms with Gasteiger partial charge in [-0.3, -0.25) is 4.98 Å². The summed E-state index contributed by atoms with van der Waals surface area (Å²) < 4.78 is 10.1.